The second kappa shape index (κ2) is 4.54. The van der Waals surface area contributed by atoms with Gasteiger partial charge < -0.3 is 4.78 Å². The molecule has 1 heterocycles. The van der Waals surface area contributed by atoms with Crippen LogP contribution in [0.25, 0.3) is 4.78 Å². The van der Waals surface area contributed by atoms with Crippen molar-refractivity contribution in [2.24, 2.45) is 0 Å². The van der Waals surface area contributed by atoms with Crippen molar-refractivity contribution in [3.63, 3.8) is 0 Å². The molecule has 0 amide bonds. The minimum Gasteiger partial charge on any atom is -0.738 e. The molecule has 0 radical (unpaired) electrons. The normalized spacial score (nSPS) is 25.3. The van der Waals surface area contributed by atoms with E-state index in [1.807, 2.05) is 0 Å². The molecule has 0 saturated carbocycles. The summed E-state index contributed by atoms with van der Waals surface area (Å²) in [6, 6.07) is 0. The molecule has 0 aromatic heterocycles. The smallest absolute Gasteiger partial charge is 0.738 e. The van der Waals surface area contributed by atoms with Crippen LogP contribution in [-0.2, 0) is 9.92 Å². The molecule has 0 N–H and O–H groups in total. The van der Waals surface area contributed by atoms with Crippen LogP contribution in [0.1, 0.15) is 12.8 Å². The Bertz CT molecular complexity index is 184. The maximum Gasteiger partial charge on any atom is 1.00 e. The maximum absolute atomic E-state index is 10.9. The molecule has 0 bridgehead atoms. The molecule has 54 valence electrons. The van der Waals surface area contributed by atoms with Crippen molar-refractivity contribution >= 4 is 9.92 Å². The van der Waals surface area contributed by atoms with E-state index in [-0.39, 0.29) is 51.4 Å². The number of rotatable bonds is 1. The summed E-state index contributed by atoms with van der Waals surface area (Å²) in [7, 11) is -2.62. The molecule has 1 saturated heterocycles. The molecule has 1 unspecified atom stereocenters. The molecule has 1 fully saturated rings. The second-order valence-electron chi connectivity index (χ2n) is 2.40. The van der Waals surface area contributed by atoms with Gasteiger partial charge in [0.25, 0.3) is 0 Å². The van der Waals surface area contributed by atoms with Crippen LogP contribution in [0, 0.1) is 0 Å². The minimum atomic E-state index is -2.62. The van der Waals surface area contributed by atoms with E-state index < -0.39 is 9.92 Å². The average Bonchev–Trinajstić information content (AvgIpc) is 2.08. The number of hydrogen-bond donors (Lipinski definition) is 0. The van der Waals surface area contributed by atoms with Gasteiger partial charge in [0.2, 0.25) is 0 Å². The summed E-state index contributed by atoms with van der Waals surface area (Å²) in [5, 5.41) is 0. The first-order valence-electron chi connectivity index (χ1n) is 3.07. The van der Waals surface area contributed by atoms with Gasteiger partial charge in [-0.1, -0.05) is 9.92 Å². The first-order valence-corrected chi connectivity index (χ1v) is 4.95. The van der Waals surface area contributed by atoms with E-state index in [0.29, 0.717) is 0 Å². The predicted molar refractivity (Wildman–Crippen MR) is 38.2 cm³/mol. The third kappa shape index (κ3) is 3.30. The van der Waals surface area contributed by atoms with E-state index in [4.69, 9.17) is 4.78 Å². The van der Waals surface area contributed by atoms with Gasteiger partial charge in [-0.3, -0.25) is 4.21 Å². The maximum atomic E-state index is 10.9. The Morgan fingerprint density at radius 1 is 1.40 bits per heavy atom. The Balaban J connectivity index is 0.000000810. The van der Waals surface area contributed by atoms with Crippen LogP contribution < -0.4 is 51.4 Å². The van der Waals surface area contributed by atoms with Gasteiger partial charge in [-0.2, -0.15) is 0 Å². The van der Waals surface area contributed by atoms with Crippen LogP contribution in [0.2, 0.25) is 0 Å². The SMILES string of the molecule is CS(=[N-])(=O)N1CCCC1.[K+]. The molecule has 1 aliphatic heterocycles. The molecule has 0 aromatic rings. The molecule has 1 aliphatic rings. The standard InChI is InChI=1S/C5H11N2OS.K/c1-9(6,8)7-4-2-3-5-7;/h2-5H2,1H3;/q-1;+1. The Kier molecular flexibility index (Phi) is 5.24. The van der Waals surface area contributed by atoms with Gasteiger partial charge in [-0.15, -0.1) is 0 Å². The Labute approximate surface area is 105 Å². The second-order valence-corrected chi connectivity index (χ2v) is 4.44. The molecule has 5 heteroatoms. The Morgan fingerprint density at radius 3 is 2.00 bits per heavy atom. The molecule has 0 spiro atoms. The summed E-state index contributed by atoms with van der Waals surface area (Å²) in [4.78, 5) is 0. The number of nitrogens with zero attached hydrogens (tertiary/aromatic N) is 2. The molecule has 10 heavy (non-hydrogen) atoms. The van der Waals surface area contributed by atoms with Crippen LogP contribution in [0.3, 0.4) is 0 Å². The van der Waals surface area contributed by atoms with Crippen LogP contribution >= 0.6 is 0 Å². The fraction of sp³-hybridized carbons (Fsp3) is 1.00. The topological polar surface area (TPSA) is 42.6 Å². The van der Waals surface area contributed by atoms with E-state index in [2.05, 4.69) is 0 Å². The third-order valence-corrected chi connectivity index (χ3v) is 2.87. The Hall–Kier alpha value is 1.55. The molecule has 1 rings (SSSR count). The van der Waals surface area contributed by atoms with Gasteiger partial charge in [0.05, 0.1) is 0 Å². The van der Waals surface area contributed by atoms with Crippen LogP contribution in [0.5, 0.6) is 0 Å². The van der Waals surface area contributed by atoms with Crippen molar-refractivity contribution in [1.82, 2.24) is 4.31 Å². The van der Waals surface area contributed by atoms with Crippen molar-refractivity contribution in [3.8, 4) is 0 Å². The Morgan fingerprint density at radius 2 is 1.80 bits per heavy atom. The quantitative estimate of drug-likeness (QED) is 0.424. The van der Waals surface area contributed by atoms with Crippen molar-refractivity contribution in [2.45, 2.75) is 12.8 Å². The third-order valence-electron chi connectivity index (χ3n) is 1.54. The summed E-state index contributed by atoms with van der Waals surface area (Å²) < 4.78 is 21.5. The van der Waals surface area contributed by atoms with Crippen molar-refractivity contribution < 1.29 is 55.6 Å². The van der Waals surface area contributed by atoms with E-state index in [1.54, 1.807) is 4.31 Å². The fourth-order valence-corrected chi connectivity index (χ4v) is 1.96. The molecular formula is C5H11KN2OS. The van der Waals surface area contributed by atoms with Crippen LogP contribution in [0.4, 0.5) is 0 Å². The van der Waals surface area contributed by atoms with Gasteiger partial charge in [-0.05, 0) is 19.1 Å². The largest absolute Gasteiger partial charge is 1.00 e. The van der Waals surface area contributed by atoms with Crippen LogP contribution in [-0.4, -0.2) is 27.9 Å². The zero-order valence-electron chi connectivity index (χ0n) is 6.54. The van der Waals surface area contributed by atoms with E-state index in [1.165, 1.54) is 6.26 Å². The minimum absolute atomic E-state index is 0. The number of hydrogen-bond acceptors (Lipinski definition) is 1. The zero-order valence-corrected chi connectivity index (χ0v) is 10.5. The predicted octanol–water partition coefficient (Wildman–Crippen LogP) is -2.33. The molecule has 3 nitrogen and oxygen atoms in total. The van der Waals surface area contributed by atoms with E-state index >= 15 is 0 Å². The molecule has 0 aliphatic carbocycles. The molecular weight excluding hydrogens is 175 g/mol. The fourth-order valence-electron chi connectivity index (χ4n) is 1.03. The summed E-state index contributed by atoms with van der Waals surface area (Å²) >= 11 is 0. The van der Waals surface area contributed by atoms with Crippen LogP contribution in [0.15, 0.2) is 0 Å². The molecule has 0 aromatic carbocycles. The van der Waals surface area contributed by atoms with Gasteiger partial charge in [0, 0.05) is 13.1 Å². The monoisotopic (exact) mass is 186 g/mol. The van der Waals surface area contributed by atoms with Crippen molar-refractivity contribution in [2.75, 3.05) is 19.3 Å². The first kappa shape index (κ1) is 11.5. The zero-order chi connectivity index (χ0) is 6.91. The summed E-state index contributed by atoms with van der Waals surface area (Å²) in [6.07, 6.45) is 3.50. The van der Waals surface area contributed by atoms with E-state index in [0.717, 1.165) is 25.9 Å². The van der Waals surface area contributed by atoms with Crippen molar-refractivity contribution in [3.05, 3.63) is 4.78 Å². The van der Waals surface area contributed by atoms with Gasteiger partial charge in [0.15, 0.2) is 0 Å². The summed E-state index contributed by atoms with van der Waals surface area (Å²) in [6.45, 7) is 1.57. The first-order chi connectivity index (χ1) is 4.11. The molecule has 1 atom stereocenters. The van der Waals surface area contributed by atoms with E-state index in [9.17, 15) is 4.21 Å². The summed E-state index contributed by atoms with van der Waals surface area (Å²) in [5.41, 5.74) is 0. The average molecular weight is 186 g/mol. The van der Waals surface area contributed by atoms with Crippen molar-refractivity contribution in [1.29, 1.82) is 0 Å². The summed E-state index contributed by atoms with van der Waals surface area (Å²) in [5.74, 6) is 0. The van der Waals surface area contributed by atoms with Gasteiger partial charge in [-0.25, -0.2) is 4.31 Å². The van der Waals surface area contributed by atoms with Gasteiger partial charge in [0.1, 0.15) is 0 Å². The van der Waals surface area contributed by atoms with Gasteiger partial charge >= 0.3 is 51.4 Å².